The summed E-state index contributed by atoms with van der Waals surface area (Å²) in [6.07, 6.45) is 2.36. The fourth-order valence-electron chi connectivity index (χ4n) is 3.36. The third-order valence-corrected chi connectivity index (χ3v) is 5.09. The topological polar surface area (TPSA) is 35.6 Å². The molecule has 0 unspecified atom stereocenters. The molecule has 1 heterocycles. The summed E-state index contributed by atoms with van der Waals surface area (Å²) in [5.41, 5.74) is 2.72. The molecule has 0 aliphatic carbocycles. The first-order chi connectivity index (χ1) is 11.0. The predicted molar refractivity (Wildman–Crippen MR) is 95.5 cm³/mol. The fourth-order valence-corrected chi connectivity index (χ4v) is 3.36. The molecule has 128 valence electrons. The van der Waals surface area contributed by atoms with Gasteiger partial charge in [0.1, 0.15) is 0 Å². The molecule has 2 rings (SSSR count). The van der Waals surface area contributed by atoms with Gasteiger partial charge in [0.15, 0.2) is 0 Å². The molecule has 4 heteroatoms. The Labute approximate surface area is 140 Å². The fraction of sp³-hybridized carbons (Fsp3) is 0.632. The monoisotopic (exact) mass is 317 g/mol. The standard InChI is InChI=1S/C19H31N3O/c1-15-6-5-7-18(12-15)16(2)21(4)13-17-8-10-22(11-9-17)14-19(23)20-3/h5-7,12,16-17H,8-11,13-14H2,1-4H3,(H,20,23)/t16-/m1/s1. The SMILES string of the molecule is CNC(=O)CN1CCC(CN(C)[C@H](C)c2cccc(C)c2)CC1. The number of amides is 1. The minimum Gasteiger partial charge on any atom is -0.358 e. The average Bonchev–Trinajstić information content (AvgIpc) is 2.55. The van der Waals surface area contributed by atoms with E-state index < -0.39 is 0 Å². The zero-order valence-electron chi connectivity index (χ0n) is 15.0. The number of carbonyl (C=O) groups is 1. The third kappa shape index (κ3) is 5.33. The lowest BCUT2D eigenvalue weighted by atomic mass is 9.95. The highest BCUT2D eigenvalue weighted by Crippen LogP contribution is 2.24. The van der Waals surface area contributed by atoms with Gasteiger partial charge in [-0.15, -0.1) is 0 Å². The van der Waals surface area contributed by atoms with Crippen LogP contribution in [0.2, 0.25) is 0 Å². The van der Waals surface area contributed by atoms with Crippen LogP contribution in [0.15, 0.2) is 24.3 Å². The van der Waals surface area contributed by atoms with Crippen LogP contribution in [0.25, 0.3) is 0 Å². The molecule has 0 saturated carbocycles. The van der Waals surface area contributed by atoms with Crippen LogP contribution < -0.4 is 5.32 Å². The van der Waals surface area contributed by atoms with Crippen molar-refractivity contribution in [1.82, 2.24) is 15.1 Å². The van der Waals surface area contributed by atoms with Gasteiger partial charge in [0.25, 0.3) is 0 Å². The van der Waals surface area contributed by atoms with Crippen LogP contribution >= 0.6 is 0 Å². The Morgan fingerprint density at radius 1 is 1.39 bits per heavy atom. The molecule has 1 fully saturated rings. The minimum atomic E-state index is 0.119. The number of likely N-dealkylation sites (N-methyl/N-ethyl adjacent to an activating group) is 1. The summed E-state index contributed by atoms with van der Waals surface area (Å²) >= 11 is 0. The Kier molecular flexibility index (Phi) is 6.60. The number of benzene rings is 1. The van der Waals surface area contributed by atoms with Gasteiger partial charge in [-0.25, -0.2) is 0 Å². The van der Waals surface area contributed by atoms with E-state index in [1.165, 1.54) is 24.0 Å². The van der Waals surface area contributed by atoms with Crippen LogP contribution in [-0.4, -0.2) is 56.0 Å². The maximum Gasteiger partial charge on any atom is 0.233 e. The molecular formula is C19H31N3O. The molecule has 23 heavy (non-hydrogen) atoms. The lowest BCUT2D eigenvalue weighted by Gasteiger charge is -2.35. The molecule has 1 aliphatic heterocycles. The largest absolute Gasteiger partial charge is 0.358 e. The summed E-state index contributed by atoms with van der Waals surface area (Å²) in [5.74, 6) is 0.849. The predicted octanol–water partition coefficient (Wildman–Crippen LogP) is 2.45. The number of likely N-dealkylation sites (tertiary alicyclic amines) is 1. The van der Waals surface area contributed by atoms with Gasteiger partial charge in [-0.3, -0.25) is 14.6 Å². The van der Waals surface area contributed by atoms with Crippen molar-refractivity contribution in [3.05, 3.63) is 35.4 Å². The second-order valence-electron chi connectivity index (χ2n) is 6.92. The number of nitrogens with one attached hydrogen (secondary N) is 1. The van der Waals surface area contributed by atoms with Crippen molar-refractivity contribution in [1.29, 1.82) is 0 Å². The van der Waals surface area contributed by atoms with Crippen molar-refractivity contribution in [2.45, 2.75) is 32.7 Å². The van der Waals surface area contributed by atoms with E-state index in [1.54, 1.807) is 7.05 Å². The van der Waals surface area contributed by atoms with Gasteiger partial charge in [0.05, 0.1) is 6.54 Å². The number of nitrogens with zero attached hydrogens (tertiary/aromatic N) is 2. The maximum absolute atomic E-state index is 11.5. The Bertz CT molecular complexity index is 509. The Balaban J connectivity index is 1.80. The van der Waals surface area contributed by atoms with Crippen molar-refractivity contribution in [3.8, 4) is 0 Å². The van der Waals surface area contributed by atoms with Gasteiger partial charge in [0.2, 0.25) is 5.91 Å². The van der Waals surface area contributed by atoms with Gasteiger partial charge in [-0.05, 0) is 58.3 Å². The summed E-state index contributed by atoms with van der Waals surface area (Å²) in [4.78, 5) is 16.2. The molecular weight excluding hydrogens is 286 g/mol. The first-order valence-electron chi connectivity index (χ1n) is 8.69. The second-order valence-corrected chi connectivity index (χ2v) is 6.92. The maximum atomic E-state index is 11.5. The molecule has 0 aromatic heterocycles. The van der Waals surface area contributed by atoms with Crippen molar-refractivity contribution in [3.63, 3.8) is 0 Å². The molecule has 1 atom stereocenters. The summed E-state index contributed by atoms with van der Waals surface area (Å²) in [7, 11) is 3.93. The van der Waals surface area contributed by atoms with Gasteiger partial charge >= 0.3 is 0 Å². The number of hydrogen-bond donors (Lipinski definition) is 1. The van der Waals surface area contributed by atoms with Crippen molar-refractivity contribution in [2.75, 3.05) is 40.3 Å². The van der Waals surface area contributed by atoms with Crippen molar-refractivity contribution >= 4 is 5.91 Å². The molecule has 1 amide bonds. The molecule has 0 spiro atoms. The lowest BCUT2D eigenvalue weighted by Crippen LogP contribution is -2.42. The molecule has 1 aromatic rings. The Morgan fingerprint density at radius 3 is 2.70 bits per heavy atom. The molecule has 0 bridgehead atoms. The molecule has 1 N–H and O–H groups in total. The van der Waals surface area contributed by atoms with E-state index >= 15 is 0 Å². The number of hydrogen-bond acceptors (Lipinski definition) is 3. The summed E-state index contributed by atoms with van der Waals surface area (Å²) in [6.45, 7) is 8.17. The minimum absolute atomic E-state index is 0.119. The normalized spacial score (nSPS) is 18.1. The van der Waals surface area contributed by atoms with E-state index in [0.29, 0.717) is 12.6 Å². The van der Waals surface area contributed by atoms with Crippen LogP contribution in [0.4, 0.5) is 0 Å². The number of aryl methyl sites for hydroxylation is 1. The summed E-state index contributed by atoms with van der Waals surface area (Å²) in [5, 5.41) is 2.70. The van der Waals surface area contributed by atoms with Crippen LogP contribution in [0, 0.1) is 12.8 Å². The van der Waals surface area contributed by atoms with Crippen LogP contribution in [0.5, 0.6) is 0 Å². The quantitative estimate of drug-likeness (QED) is 0.875. The van der Waals surface area contributed by atoms with Crippen LogP contribution in [0.3, 0.4) is 0 Å². The number of piperidine rings is 1. The van der Waals surface area contributed by atoms with E-state index in [2.05, 4.69) is 60.3 Å². The number of rotatable bonds is 6. The summed E-state index contributed by atoms with van der Waals surface area (Å²) < 4.78 is 0. The van der Waals surface area contributed by atoms with E-state index in [1.807, 2.05) is 0 Å². The molecule has 4 nitrogen and oxygen atoms in total. The number of carbonyl (C=O) groups excluding carboxylic acids is 1. The summed E-state index contributed by atoms with van der Waals surface area (Å²) in [6, 6.07) is 9.25. The van der Waals surface area contributed by atoms with Crippen LogP contribution in [-0.2, 0) is 4.79 Å². The smallest absolute Gasteiger partial charge is 0.233 e. The lowest BCUT2D eigenvalue weighted by molar-refractivity contribution is -0.122. The molecule has 1 saturated heterocycles. The van der Waals surface area contributed by atoms with E-state index in [9.17, 15) is 4.79 Å². The van der Waals surface area contributed by atoms with Gasteiger partial charge < -0.3 is 5.32 Å². The highest BCUT2D eigenvalue weighted by atomic mass is 16.1. The molecule has 0 radical (unpaired) electrons. The zero-order chi connectivity index (χ0) is 16.8. The van der Waals surface area contributed by atoms with Gasteiger partial charge in [0, 0.05) is 19.6 Å². The van der Waals surface area contributed by atoms with Crippen LogP contribution in [0.1, 0.15) is 36.9 Å². The second kappa shape index (κ2) is 8.46. The van der Waals surface area contributed by atoms with Crippen molar-refractivity contribution < 1.29 is 4.79 Å². The Hall–Kier alpha value is -1.39. The first kappa shape index (κ1) is 18.0. The highest BCUT2D eigenvalue weighted by molar-refractivity contribution is 5.77. The first-order valence-corrected chi connectivity index (χ1v) is 8.69. The van der Waals surface area contributed by atoms with E-state index in [0.717, 1.165) is 25.6 Å². The van der Waals surface area contributed by atoms with Gasteiger partial charge in [-0.1, -0.05) is 29.8 Å². The molecule has 1 aromatic carbocycles. The third-order valence-electron chi connectivity index (χ3n) is 5.09. The van der Waals surface area contributed by atoms with E-state index in [-0.39, 0.29) is 5.91 Å². The van der Waals surface area contributed by atoms with Crippen molar-refractivity contribution in [2.24, 2.45) is 5.92 Å². The van der Waals surface area contributed by atoms with E-state index in [4.69, 9.17) is 0 Å². The van der Waals surface area contributed by atoms with Gasteiger partial charge in [-0.2, -0.15) is 0 Å². The Morgan fingerprint density at radius 2 is 2.09 bits per heavy atom. The molecule has 1 aliphatic rings. The highest BCUT2D eigenvalue weighted by Gasteiger charge is 2.23. The average molecular weight is 317 g/mol. The zero-order valence-corrected chi connectivity index (χ0v) is 15.0.